The Kier molecular flexibility index (Phi) is 7.29. The van der Waals surface area contributed by atoms with Gasteiger partial charge in [0.2, 0.25) is 5.91 Å². The fraction of sp³-hybridized carbons (Fsp3) is 0.444. The van der Waals surface area contributed by atoms with Crippen LogP contribution in [-0.2, 0) is 9.59 Å². The van der Waals surface area contributed by atoms with Gasteiger partial charge in [0, 0.05) is 12.8 Å². The third kappa shape index (κ3) is 4.68. The van der Waals surface area contributed by atoms with Crippen molar-refractivity contribution in [1.82, 2.24) is 10.2 Å². The van der Waals surface area contributed by atoms with Crippen LogP contribution in [0, 0.1) is 5.92 Å². The molecule has 1 N–H and O–H groups in total. The smallest absolute Gasteiger partial charge is 0.304 e. The van der Waals surface area contributed by atoms with E-state index in [-0.39, 0.29) is 10.7 Å². The number of hydrogen-bond acceptors (Lipinski definition) is 5. The van der Waals surface area contributed by atoms with Crippen molar-refractivity contribution < 1.29 is 14.4 Å². The first-order valence-corrected chi connectivity index (χ1v) is 9.03. The van der Waals surface area contributed by atoms with E-state index in [0.717, 1.165) is 31.0 Å². The molecule has 1 aromatic rings. The third-order valence-corrected chi connectivity index (χ3v) is 4.53. The zero-order chi connectivity index (χ0) is 19.1. The standard InChI is InChI=1S/C18H23ClN4O3/c1-3-22(4-2)11-7-10-20-12-13-16(24)21-18(26)23(17(13)25)15-9-6-5-8-14(15)19/h5-6,8-9,12-13H,3-4,7,10-11H2,1-2H3,(H,21,24,26). The lowest BCUT2D eigenvalue weighted by Crippen LogP contribution is -2.58. The Morgan fingerprint density at radius 3 is 2.58 bits per heavy atom. The molecule has 1 heterocycles. The highest BCUT2D eigenvalue weighted by atomic mass is 35.5. The van der Waals surface area contributed by atoms with Gasteiger partial charge in [-0.1, -0.05) is 37.6 Å². The Labute approximate surface area is 158 Å². The summed E-state index contributed by atoms with van der Waals surface area (Å²) in [5.41, 5.74) is 0.240. The van der Waals surface area contributed by atoms with E-state index in [9.17, 15) is 14.4 Å². The second kappa shape index (κ2) is 9.45. The van der Waals surface area contributed by atoms with Crippen LogP contribution in [-0.4, -0.2) is 55.1 Å². The van der Waals surface area contributed by atoms with Gasteiger partial charge in [-0.15, -0.1) is 0 Å². The summed E-state index contributed by atoms with van der Waals surface area (Å²) in [6, 6.07) is 5.67. The number of halogens is 1. The second-order valence-electron chi connectivity index (χ2n) is 5.83. The number of para-hydroxylation sites is 1. The van der Waals surface area contributed by atoms with Gasteiger partial charge in [0.15, 0.2) is 5.92 Å². The Morgan fingerprint density at radius 1 is 1.23 bits per heavy atom. The molecular weight excluding hydrogens is 356 g/mol. The largest absolute Gasteiger partial charge is 0.335 e. The van der Waals surface area contributed by atoms with E-state index >= 15 is 0 Å². The van der Waals surface area contributed by atoms with Gasteiger partial charge in [0.05, 0.1) is 10.7 Å². The average molecular weight is 379 g/mol. The summed E-state index contributed by atoms with van der Waals surface area (Å²) in [4.78, 5) is 44.1. The number of amides is 4. The summed E-state index contributed by atoms with van der Waals surface area (Å²) in [6.07, 6.45) is 2.14. The van der Waals surface area contributed by atoms with Gasteiger partial charge in [-0.3, -0.25) is 19.9 Å². The van der Waals surface area contributed by atoms with Crippen LogP contribution in [0.5, 0.6) is 0 Å². The molecule has 0 aliphatic carbocycles. The molecule has 0 bridgehead atoms. The predicted molar refractivity (Wildman–Crippen MR) is 102 cm³/mol. The maximum absolute atomic E-state index is 12.6. The predicted octanol–water partition coefficient (Wildman–Crippen LogP) is 2.34. The quantitative estimate of drug-likeness (QED) is 0.427. The normalized spacial score (nSPS) is 18.1. The molecule has 7 nitrogen and oxygen atoms in total. The summed E-state index contributed by atoms with van der Waals surface area (Å²) < 4.78 is 0. The van der Waals surface area contributed by atoms with Crippen molar-refractivity contribution in [2.24, 2.45) is 10.9 Å². The number of imide groups is 2. The van der Waals surface area contributed by atoms with Gasteiger partial charge in [-0.25, -0.2) is 9.69 Å². The van der Waals surface area contributed by atoms with Crippen LogP contribution >= 0.6 is 11.6 Å². The zero-order valence-corrected chi connectivity index (χ0v) is 15.7. The molecular formula is C18H23ClN4O3. The van der Waals surface area contributed by atoms with Gasteiger partial charge >= 0.3 is 6.03 Å². The molecule has 8 heteroatoms. The van der Waals surface area contributed by atoms with E-state index in [1.54, 1.807) is 24.3 Å². The molecule has 0 aromatic heterocycles. The van der Waals surface area contributed by atoms with Crippen LogP contribution in [0.4, 0.5) is 10.5 Å². The number of carbonyl (C=O) groups excluding carboxylic acids is 3. The Balaban J connectivity index is 2.05. The van der Waals surface area contributed by atoms with Gasteiger partial charge in [-0.2, -0.15) is 0 Å². The number of urea groups is 1. The topological polar surface area (TPSA) is 82.1 Å². The van der Waals surface area contributed by atoms with Gasteiger partial charge in [0.1, 0.15) is 0 Å². The minimum atomic E-state index is -1.14. The fourth-order valence-corrected chi connectivity index (χ4v) is 2.91. The minimum Gasteiger partial charge on any atom is -0.304 e. The number of nitrogens with one attached hydrogen (secondary N) is 1. The van der Waals surface area contributed by atoms with Crippen molar-refractivity contribution in [1.29, 1.82) is 0 Å². The Morgan fingerprint density at radius 2 is 1.92 bits per heavy atom. The van der Waals surface area contributed by atoms with E-state index in [1.165, 1.54) is 6.21 Å². The van der Waals surface area contributed by atoms with Crippen LogP contribution in [0.3, 0.4) is 0 Å². The van der Waals surface area contributed by atoms with Crippen molar-refractivity contribution in [3.8, 4) is 0 Å². The maximum atomic E-state index is 12.6. The molecule has 1 aliphatic rings. The molecule has 1 aliphatic heterocycles. The number of carbonyl (C=O) groups is 3. The summed E-state index contributed by atoms with van der Waals surface area (Å²) in [7, 11) is 0. The highest BCUT2D eigenvalue weighted by molar-refractivity contribution is 6.38. The van der Waals surface area contributed by atoms with Crippen LogP contribution in [0.1, 0.15) is 20.3 Å². The van der Waals surface area contributed by atoms with E-state index < -0.39 is 23.8 Å². The molecule has 4 amide bonds. The van der Waals surface area contributed by atoms with Crippen LogP contribution < -0.4 is 10.2 Å². The van der Waals surface area contributed by atoms with Gasteiger partial charge in [-0.05, 0) is 38.2 Å². The van der Waals surface area contributed by atoms with Gasteiger partial charge in [0.25, 0.3) is 5.91 Å². The number of hydrogen-bond donors (Lipinski definition) is 1. The maximum Gasteiger partial charge on any atom is 0.335 e. The number of benzene rings is 1. The number of anilines is 1. The van der Waals surface area contributed by atoms with Crippen molar-refractivity contribution in [2.45, 2.75) is 20.3 Å². The molecule has 1 fully saturated rings. The van der Waals surface area contributed by atoms with E-state index in [2.05, 4.69) is 29.1 Å². The molecule has 140 valence electrons. The highest BCUT2D eigenvalue weighted by Crippen LogP contribution is 2.28. The molecule has 2 rings (SSSR count). The zero-order valence-electron chi connectivity index (χ0n) is 14.9. The molecule has 1 atom stereocenters. The van der Waals surface area contributed by atoms with E-state index in [0.29, 0.717) is 6.54 Å². The molecule has 26 heavy (non-hydrogen) atoms. The summed E-state index contributed by atoms with van der Waals surface area (Å²) in [5, 5.41) is 2.43. The van der Waals surface area contributed by atoms with E-state index in [1.807, 2.05) is 0 Å². The number of aliphatic imine (C=N–C) groups is 1. The Bertz CT molecular complexity index is 703. The lowest BCUT2D eigenvalue weighted by atomic mass is 10.1. The van der Waals surface area contributed by atoms with Crippen molar-refractivity contribution in [3.63, 3.8) is 0 Å². The first kappa shape index (κ1) is 20.1. The van der Waals surface area contributed by atoms with Crippen molar-refractivity contribution in [2.75, 3.05) is 31.1 Å². The lowest BCUT2D eigenvalue weighted by molar-refractivity contribution is -0.131. The summed E-state index contributed by atoms with van der Waals surface area (Å²) >= 11 is 6.08. The first-order valence-electron chi connectivity index (χ1n) is 8.65. The lowest BCUT2D eigenvalue weighted by Gasteiger charge is -2.29. The summed E-state index contributed by atoms with van der Waals surface area (Å²) in [6.45, 7) is 7.54. The van der Waals surface area contributed by atoms with Crippen molar-refractivity contribution >= 4 is 41.3 Å². The average Bonchev–Trinajstić information content (AvgIpc) is 2.62. The fourth-order valence-electron chi connectivity index (χ4n) is 2.69. The highest BCUT2D eigenvalue weighted by Gasteiger charge is 2.41. The molecule has 1 aromatic carbocycles. The number of barbiturate groups is 1. The first-order chi connectivity index (χ1) is 12.5. The minimum absolute atomic E-state index is 0.240. The molecule has 0 saturated carbocycles. The van der Waals surface area contributed by atoms with Crippen molar-refractivity contribution in [3.05, 3.63) is 29.3 Å². The van der Waals surface area contributed by atoms with Crippen LogP contribution in [0.15, 0.2) is 29.3 Å². The van der Waals surface area contributed by atoms with Crippen LogP contribution in [0.2, 0.25) is 5.02 Å². The Hall–Kier alpha value is -2.25. The second-order valence-corrected chi connectivity index (χ2v) is 6.24. The molecule has 1 unspecified atom stereocenters. The number of rotatable bonds is 8. The number of nitrogens with zero attached hydrogens (tertiary/aromatic N) is 3. The van der Waals surface area contributed by atoms with Crippen LogP contribution in [0.25, 0.3) is 0 Å². The molecule has 1 saturated heterocycles. The third-order valence-electron chi connectivity index (χ3n) is 4.21. The van der Waals surface area contributed by atoms with Gasteiger partial charge < -0.3 is 4.90 Å². The monoisotopic (exact) mass is 378 g/mol. The molecule has 0 spiro atoms. The van der Waals surface area contributed by atoms with E-state index in [4.69, 9.17) is 11.6 Å². The molecule has 0 radical (unpaired) electrons. The summed E-state index contributed by atoms with van der Waals surface area (Å²) in [5.74, 6) is -2.47. The SMILES string of the molecule is CCN(CC)CCCN=CC1C(=O)NC(=O)N(c2ccccc2Cl)C1=O.